The van der Waals surface area contributed by atoms with Gasteiger partial charge in [0.25, 0.3) is 0 Å². The van der Waals surface area contributed by atoms with E-state index in [2.05, 4.69) is 32.6 Å². The summed E-state index contributed by atoms with van der Waals surface area (Å²) >= 11 is 0. The molecule has 0 unspecified atom stereocenters. The largest absolute Gasteiger partial charge is 0.342 e. The van der Waals surface area contributed by atoms with Crippen molar-refractivity contribution in [3.8, 4) is 0 Å². The van der Waals surface area contributed by atoms with Crippen molar-refractivity contribution >= 4 is 0 Å². The van der Waals surface area contributed by atoms with Gasteiger partial charge in [0.1, 0.15) is 0 Å². The van der Waals surface area contributed by atoms with Crippen LogP contribution >= 0.6 is 0 Å². The average Bonchev–Trinajstić information content (AvgIpc) is 2.01. The summed E-state index contributed by atoms with van der Waals surface area (Å²) in [7, 11) is 0. The molecule has 1 nitrogen and oxygen atoms in total. The van der Waals surface area contributed by atoms with E-state index in [1.165, 1.54) is 0 Å². The third-order valence-corrected chi connectivity index (χ3v) is 1.46. The average molecular weight is 354 g/mol. The molecule has 0 bridgehead atoms. The topological polar surface area (TPSA) is 3.24 Å². The molecule has 0 N–H and O–H groups in total. The van der Waals surface area contributed by atoms with Crippen molar-refractivity contribution in [2.24, 2.45) is 0 Å². The van der Waals surface area contributed by atoms with Crippen LogP contribution in [0.2, 0.25) is 0 Å². The maximum Gasteiger partial charge on any atom is 0.000895 e. The van der Waals surface area contributed by atoms with Crippen molar-refractivity contribution in [2.75, 3.05) is 13.1 Å². The van der Waals surface area contributed by atoms with E-state index in [-0.39, 0.29) is 21.1 Å². The molecule has 0 saturated heterocycles. The van der Waals surface area contributed by atoms with E-state index in [0.29, 0.717) is 6.04 Å². The molecule has 0 aromatic rings. The second kappa shape index (κ2) is 15.1. The molecule has 0 spiro atoms. The fraction of sp³-hybridized carbons (Fsp3) is 0.727. The third kappa shape index (κ3) is 15.4. The van der Waals surface area contributed by atoms with Crippen molar-refractivity contribution in [3.63, 3.8) is 0 Å². The molecule has 0 radical (unpaired) electrons. The number of hydrogen-bond acceptors (Lipinski definition) is 1. The Kier molecular flexibility index (Phi) is 22.4. The molecule has 0 heterocycles. The van der Waals surface area contributed by atoms with Crippen molar-refractivity contribution < 1.29 is 21.1 Å². The van der Waals surface area contributed by atoms with Gasteiger partial charge in [0.05, 0.1) is 0 Å². The molecule has 0 aromatic carbocycles. The predicted molar refractivity (Wildman–Crippen MR) is 57.7 cm³/mol. The van der Waals surface area contributed by atoms with E-state index >= 15 is 0 Å². The molecule has 2 heteroatoms. The molecule has 82 valence electrons. The summed E-state index contributed by atoms with van der Waals surface area (Å²) in [5, 5.41) is 0. The molecule has 0 aliphatic carbocycles. The summed E-state index contributed by atoms with van der Waals surface area (Å²) in [6.07, 6.45) is 2.98. The summed E-state index contributed by atoms with van der Waals surface area (Å²) in [4.78, 5) is 2.30. The van der Waals surface area contributed by atoms with Gasteiger partial charge in [-0.1, -0.05) is 0 Å². The zero-order valence-electron chi connectivity index (χ0n) is 9.55. The first-order chi connectivity index (χ1) is 5.63. The second-order valence-corrected chi connectivity index (χ2v) is 3.06. The number of nitrogens with zero attached hydrogens (tertiary/aromatic N) is 1. The summed E-state index contributed by atoms with van der Waals surface area (Å²) < 4.78 is 0. The van der Waals surface area contributed by atoms with Gasteiger partial charge in [-0.2, -0.15) is 20.3 Å². The third-order valence-electron chi connectivity index (χ3n) is 1.46. The Bertz CT molecular complexity index is 74.5. The van der Waals surface area contributed by atoms with Crippen LogP contribution in [0.3, 0.4) is 0 Å². The van der Waals surface area contributed by atoms with Crippen molar-refractivity contribution in [2.45, 2.75) is 40.2 Å². The van der Waals surface area contributed by atoms with Crippen LogP contribution in [0.15, 0.2) is 0 Å². The van der Waals surface area contributed by atoms with Crippen LogP contribution < -0.4 is 0 Å². The summed E-state index contributed by atoms with van der Waals surface area (Å²) in [5.74, 6) is 0. The fourth-order valence-corrected chi connectivity index (χ4v) is 0.831. The van der Waals surface area contributed by atoms with Gasteiger partial charge in [-0.3, -0.25) is 0 Å². The molecule has 13 heavy (non-hydrogen) atoms. The van der Waals surface area contributed by atoms with Gasteiger partial charge < -0.3 is 25.2 Å². The van der Waals surface area contributed by atoms with E-state index < -0.39 is 0 Å². The zero-order valence-corrected chi connectivity index (χ0v) is 12.5. The summed E-state index contributed by atoms with van der Waals surface area (Å²) in [5.41, 5.74) is 0. The Hall–Kier alpha value is 0.648. The predicted octanol–water partition coefficient (Wildman–Crippen LogP) is 2.98. The van der Waals surface area contributed by atoms with Crippen LogP contribution in [0.4, 0.5) is 0 Å². The Morgan fingerprint density at radius 1 is 1.23 bits per heavy atom. The van der Waals surface area contributed by atoms with E-state index in [9.17, 15) is 0 Å². The quantitative estimate of drug-likeness (QED) is 0.702. The monoisotopic (exact) mass is 354 g/mol. The Labute approximate surface area is 99.5 Å². The van der Waals surface area contributed by atoms with Crippen LogP contribution in [-0.4, -0.2) is 24.0 Å². The van der Waals surface area contributed by atoms with Crippen molar-refractivity contribution in [1.82, 2.24) is 4.90 Å². The maximum absolute atomic E-state index is 3.82. The van der Waals surface area contributed by atoms with Crippen molar-refractivity contribution in [1.29, 1.82) is 0 Å². The Balaban J connectivity index is -0.000000220. The van der Waals surface area contributed by atoms with Gasteiger partial charge in [0.15, 0.2) is 0 Å². The van der Waals surface area contributed by atoms with Gasteiger partial charge >= 0.3 is 0 Å². The van der Waals surface area contributed by atoms with E-state index in [1.54, 1.807) is 0 Å². The molecule has 0 saturated carbocycles. The summed E-state index contributed by atoms with van der Waals surface area (Å²) in [6.45, 7) is 17.9. The minimum absolute atomic E-state index is 0. The van der Waals surface area contributed by atoms with Crippen LogP contribution in [0, 0.1) is 20.3 Å². The molecule has 0 atom stereocenters. The van der Waals surface area contributed by atoms with Crippen LogP contribution in [0.1, 0.15) is 34.1 Å². The SMILES string of the molecule is C[CH-]C.[CH2-]CCN(C[CH2-])C(C)C.[W]. The Morgan fingerprint density at radius 2 is 1.62 bits per heavy atom. The van der Waals surface area contributed by atoms with E-state index in [1.807, 2.05) is 20.3 Å². The molecule has 0 aliphatic heterocycles. The fourth-order valence-electron chi connectivity index (χ4n) is 0.831. The molecular weight excluding hydrogens is 330 g/mol. The molecule has 0 amide bonds. The first-order valence-corrected chi connectivity index (χ1v) is 4.70. The number of hydrogen-bond donors (Lipinski definition) is 0. The van der Waals surface area contributed by atoms with Gasteiger partial charge in [0, 0.05) is 27.1 Å². The number of rotatable bonds is 4. The Morgan fingerprint density at radius 3 is 1.69 bits per heavy atom. The summed E-state index contributed by atoms with van der Waals surface area (Å²) in [6, 6.07) is 0.615. The minimum atomic E-state index is 0. The zero-order chi connectivity index (χ0) is 9.98. The van der Waals surface area contributed by atoms with E-state index in [4.69, 9.17) is 0 Å². The molecule has 0 rings (SSSR count). The van der Waals surface area contributed by atoms with Gasteiger partial charge in [-0.15, -0.1) is 6.54 Å². The maximum atomic E-state index is 3.82. The van der Waals surface area contributed by atoms with Gasteiger partial charge in [0.2, 0.25) is 0 Å². The van der Waals surface area contributed by atoms with Crippen LogP contribution in [-0.2, 0) is 21.1 Å². The molecule has 0 aliphatic rings. The first kappa shape index (κ1) is 19.3. The molecule has 0 fully saturated rings. The standard InChI is InChI=1S/C8H17N.C3H7.W/c1-5-7-9(6-2)8(3)4;1-3-2;/h8H,1-2,5-7H2,3-4H3;3H,1-2H3;/q-2;-1;. The van der Waals surface area contributed by atoms with Gasteiger partial charge in [-0.25, -0.2) is 0 Å². The molecule has 0 aromatic heterocycles. The molecular formula is C11H24NW-3. The minimum Gasteiger partial charge on any atom is -0.342 e. The van der Waals surface area contributed by atoms with Crippen LogP contribution in [0.5, 0.6) is 0 Å². The van der Waals surface area contributed by atoms with Crippen molar-refractivity contribution in [3.05, 3.63) is 20.3 Å². The van der Waals surface area contributed by atoms with Gasteiger partial charge in [-0.05, 0) is 20.4 Å². The smallest absolute Gasteiger partial charge is 0.000895 e. The first-order valence-electron chi connectivity index (χ1n) is 4.70. The normalized spacial score (nSPS) is 9.23. The van der Waals surface area contributed by atoms with E-state index in [0.717, 1.165) is 19.5 Å². The van der Waals surface area contributed by atoms with Crippen LogP contribution in [0.25, 0.3) is 0 Å². The second-order valence-electron chi connectivity index (χ2n) is 3.06.